The summed E-state index contributed by atoms with van der Waals surface area (Å²) in [6.07, 6.45) is 0. The minimum absolute atomic E-state index is 0.127. The van der Waals surface area contributed by atoms with Gasteiger partial charge in [-0.15, -0.1) is 11.3 Å². The van der Waals surface area contributed by atoms with Crippen LogP contribution in [0.4, 0.5) is 0 Å². The molecule has 100 valence electrons. The number of nitrogens with zero attached hydrogens (tertiary/aromatic N) is 2. The minimum atomic E-state index is 0.127. The summed E-state index contributed by atoms with van der Waals surface area (Å²) in [6, 6.07) is 7.58. The summed E-state index contributed by atoms with van der Waals surface area (Å²) in [5.74, 6) is 0.127. The smallest absolute Gasteiger partial charge is 0.170 e. The van der Waals surface area contributed by atoms with Crippen molar-refractivity contribution >= 4 is 17.2 Å². The number of nitrogens with one attached hydrogen (secondary N) is 1. The zero-order chi connectivity index (χ0) is 13.7. The highest BCUT2D eigenvalue weighted by Crippen LogP contribution is 2.10. The quantitative estimate of drug-likeness (QED) is 0.337. The zero-order valence-corrected chi connectivity index (χ0v) is 11.4. The van der Waals surface area contributed by atoms with Gasteiger partial charge in [0, 0.05) is 29.7 Å². The number of aryl methyl sites for hydroxylation is 1. The lowest BCUT2D eigenvalue weighted by Crippen LogP contribution is -2.19. The van der Waals surface area contributed by atoms with E-state index in [4.69, 9.17) is 10.9 Å². The van der Waals surface area contributed by atoms with Crippen LogP contribution in [0.25, 0.3) is 0 Å². The van der Waals surface area contributed by atoms with Gasteiger partial charge in [-0.1, -0.05) is 29.4 Å². The number of hydrogen-bond acceptors (Lipinski definition) is 5. The van der Waals surface area contributed by atoms with Gasteiger partial charge in [0.05, 0.1) is 0 Å². The highest BCUT2D eigenvalue weighted by Gasteiger charge is 2.06. The Morgan fingerprint density at radius 3 is 2.89 bits per heavy atom. The summed E-state index contributed by atoms with van der Waals surface area (Å²) < 4.78 is 0. The maximum atomic E-state index is 8.75. The van der Waals surface area contributed by atoms with Gasteiger partial charge in [-0.2, -0.15) is 0 Å². The van der Waals surface area contributed by atoms with Gasteiger partial charge in [0.25, 0.3) is 0 Å². The normalized spacial score (nSPS) is 11.7. The van der Waals surface area contributed by atoms with Crippen molar-refractivity contribution in [3.8, 4) is 0 Å². The van der Waals surface area contributed by atoms with Gasteiger partial charge in [0.15, 0.2) is 5.84 Å². The molecule has 6 heteroatoms. The van der Waals surface area contributed by atoms with E-state index in [9.17, 15) is 0 Å². The van der Waals surface area contributed by atoms with Crippen molar-refractivity contribution in [2.24, 2.45) is 10.9 Å². The first-order valence-electron chi connectivity index (χ1n) is 5.88. The molecule has 0 fully saturated rings. The van der Waals surface area contributed by atoms with Crippen LogP contribution in [0.2, 0.25) is 0 Å². The fourth-order valence-corrected chi connectivity index (χ4v) is 2.51. The number of aromatic nitrogens is 1. The predicted octanol–water partition coefficient (Wildman–Crippen LogP) is 1.84. The molecule has 0 aliphatic rings. The molecule has 0 aliphatic carbocycles. The molecule has 0 saturated heterocycles. The first-order chi connectivity index (χ1) is 9.20. The molecule has 1 heterocycles. The molecule has 0 amide bonds. The second kappa shape index (κ2) is 6.31. The number of hydrogen-bond donors (Lipinski definition) is 3. The van der Waals surface area contributed by atoms with Crippen molar-refractivity contribution in [2.45, 2.75) is 20.0 Å². The van der Waals surface area contributed by atoms with E-state index in [0.29, 0.717) is 13.1 Å². The van der Waals surface area contributed by atoms with E-state index in [0.717, 1.165) is 21.8 Å². The van der Waals surface area contributed by atoms with E-state index in [2.05, 4.69) is 15.5 Å². The lowest BCUT2D eigenvalue weighted by atomic mass is 10.1. The number of rotatable bonds is 5. The van der Waals surface area contributed by atoms with Crippen LogP contribution in [0.1, 0.15) is 21.8 Å². The Hall–Kier alpha value is -1.92. The summed E-state index contributed by atoms with van der Waals surface area (Å²) in [5, 5.41) is 18.2. The number of nitrogens with two attached hydrogens (primary N) is 1. The molecular formula is C13H16N4OS. The van der Waals surface area contributed by atoms with E-state index in [1.165, 1.54) is 0 Å². The van der Waals surface area contributed by atoms with E-state index in [1.54, 1.807) is 11.3 Å². The molecule has 1 aromatic heterocycles. The Labute approximate surface area is 115 Å². The standard InChI is InChI=1S/C13H16N4OS/c1-9-8-19-12(16-9)7-15-6-10-4-2-3-5-11(10)13(14)17-18/h2-5,8,15,18H,6-7H2,1H3,(H2,14,17). The molecule has 0 bridgehead atoms. The van der Waals surface area contributed by atoms with Crippen LogP contribution in [0.5, 0.6) is 0 Å². The van der Waals surface area contributed by atoms with Crippen LogP contribution in [0.3, 0.4) is 0 Å². The van der Waals surface area contributed by atoms with Crippen molar-refractivity contribution in [1.29, 1.82) is 0 Å². The van der Waals surface area contributed by atoms with E-state index < -0.39 is 0 Å². The molecule has 4 N–H and O–H groups in total. The average Bonchev–Trinajstić information content (AvgIpc) is 2.84. The highest BCUT2D eigenvalue weighted by atomic mass is 32.1. The van der Waals surface area contributed by atoms with E-state index >= 15 is 0 Å². The first-order valence-corrected chi connectivity index (χ1v) is 6.76. The lowest BCUT2D eigenvalue weighted by molar-refractivity contribution is 0.318. The second-order valence-electron chi connectivity index (χ2n) is 4.13. The number of benzene rings is 1. The van der Waals surface area contributed by atoms with Crippen molar-refractivity contribution < 1.29 is 5.21 Å². The van der Waals surface area contributed by atoms with Gasteiger partial charge in [-0.25, -0.2) is 4.98 Å². The maximum absolute atomic E-state index is 8.75. The fourth-order valence-electron chi connectivity index (χ4n) is 1.77. The zero-order valence-electron chi connectivity index (χ0n) is 10.6. The van der Waals surface area contributed by atoms with Crippen LogP contribution in [0, 0.1) is 6.92 Å². The number of thiazole rings is 1. The molecule has 5 nitrogen and oxygen atoms in total. The van der Waals surface area contributed by atoms with Crippen molar-refractivity contribution in [1.82, 2.24) is 10.3 Å². The average molecular weight is 276 g/mol. The molecule has 0 atom stereocenters. The maximum Gasteiger partial charge on any atom is 0.170 e. The van der Waals surface area contributed by atoms with Crippen molar-refractivity contribution in [2.75, 3.05) is 0 Å². The summed E-state index contributed by atoms with van der Waals surface area (Å²) in [7, 11) is 0. The third-order valence-corrected chi connectivity index (χ3v) is 3.63. The van der Waals surface area contributed by atoms with Crippen LogP contribution in [-0.4, -0.2) is 16.0 Å². The molecule has 0 radical (unpaired) electrons. The van der Waals surface area contributed by atoms with Gasteiger partial charge >= 0.3 is 0 Å². The van der Waals surface area contributed by atoms with Gasteiger partial charge in [-0.05, 0) is 12.5 Å². The SMILES string of the molecule is Cc1csc(CNCc2ccccc2C(N)=NO)n1. The van der Waals surface area contributed by atoms with Gasteiger partial charge in [0.1, 0.15) is 5.01 Å². The first kappa shape index (κ1) is 13.5. The van der Waals surface area contributed by atoms with E-state index in [1.807, 2.05) is 36.6 Å². The predicted molar refractivity (Wildman–Crippen MR) is 76.3 cm³/mol. The van der Waals surface area contributed by atoms with Crippen molar-refractivity contribution in [3.63, 3.8) is 0 Å². The van der Waals surface area contributed by atoms with Crippen LogP contribution in [0.15, 0.2) is 34.8 Å². The minimum Gasteiger partial charge on any atom is -0.409 e. The Morgan fingerprint density at radius 2 is 2.21 bits per heavy atom. The van der Waals surface area contributed by atoms with Crippen LogP contribution >= 0.6 is 11.3 Å². The molecule has 2 rings (SSSR count). The molecular weight excluding hydrogens is 260 g/mol. The van der Waals surface area contributed by atoms with Gasteiger partial charge in [-0.3, -0.25) is 0 Å². The van der Waals surface area contributed by atoms with E-state index in [-0.39, 0.29) is 5.84 Å². The molecule has 0 saturated carbocycles. The molecule has 19 heavy (non-hydrogen) atoms. The van der Waals surface area contributed by atoms with Crippen molar-refractivity contribution in [3.05, 3.63) is 51.5 Å². The third-order valence-electron chi connectivity index (χ3n) is 2.66. The van der Waals surface area contributed by atoms with Crippen LogP contribution in [-0.2, 0) is 13.1 Å². The third kappa shape index (κ3) is 3.52. The van der Waals surface area contributed by atoms with Gasteiger partial charge in [0.2, 0.25) is 0 Å². The Morgan fingerprint density at radius 1 is 1.42 bits per heavy atom. The van der Waals surface area contributed by atoms with Crippen LogP contribution < -0.4 is 11.1 Å². The molecule has 1 aromatic carbocycles. The Kier molecular flexibility index (Phi) is 4.48. The fraction of sp³-hybridized carbons (Fsp3) is 0.231. The monoisotopic (exact) mass is 276 g/mol. The Balaban J connectivity index is 2.00. The number of amidine groups is 1. The molecule has 0 aliphatic heterocycles. The topological polar surface area (TPSA) is 83.5 Å². The summed E-state index contributed by atoms with van der Waals surface area (Å²) in [6.45, 7) is 3.34. The largest absolute Gasteiger partial charge is 0.409 e. The number of oxime groups is 1. The molecule has 0 unspecified atom stereocenters. The molecule has 0 spiro atoms. The summed E-state index contributed by atoms with van der Waals surface area (Å²) in [4.78, 5) is 4.38. The lowest BCUT2D eigenvalue weighted by Gasteiger charge is -2.08. The van der Waals surface area contributed by atoms with Gasteiger partial charge < -0.3 is 16.3 Å². The Bertz CT molecular complexity index is 580. The highest BCUT2D eigenvalue weighted by molar-refractivity contribution is 7.09. The second-order valence-corrected chi connectivity index (χ2v) is 5.07. The summed E-state index contributed by atoms with van der Waals surface area (Å²) in [5.41, 5.74) is 8.42. The summed E-state index contributed by atoms with van der Waals surface area (Å²) >= 11 is 1.64. The molecule has 2 aromatic rings.